The molecule has 0 aliphatic heterocycles. The van der Waals surface area contributed by atoms with Crippen LogP contribution in [0.4, 0.5) is 0 Å². The molecule has 16 heavy (non-hydrogen) atoms. The summed E-state index contributed by atoms with van der Waals surface area (Å²) in [5, 5.41) is 0. The zero-order valence-corrected chi connectivity index (χ0v) is 9.93. The van der Waals surface area contributed by atoms with E-state index in [0.717, 1.165) is 18.8 Å². The number of nitrogens with zero attached hydrogens (tertiary/aromatic N) is 2. The molecule has 1 heterocycles. The SMILES string of the molecule is CC(N)c1cncn1CCOC1CCCC1. The summed E-state index contributed by atoms with van der Waals surface area (Å²) < 4.78 is 7.90. The van der Waals surface area contributed by atoms with Crippen molar-refractivity contribution in [3.63, 3.8) is 0 Å². The van der Waals surface area contributed by atoms with Gasteiger partial charge in [0.25, 0.3) is 0 Å². The van der Waals surface area contributed by atoms with Crippen molar-refractivity contribution in [1.82, 2.24) is 9.55 Å². The summed E-state index contributed by atoms with van der Waals surface area (Å²) in [4.78, 5) is 4.12. The second-order valence-electron chi connectivity index (χ2n) is 4.58. The molecule has 1 aliphatic rings. The molecule has 2 N–H and O–H groups in total. The maximum atomic E-state index is 5.85. The Morgan fingerprint density at radius 1 is 1.56 bits per heavy atom. The summed E-state index contributed by atoms with van der Waals surface area (Å²) in [6.45, 7) is 3.60. The van der Waals surface area contributed by atoms with Crippen LogP contribution in [0.5, 0.6) is 0 Å². The van der Waals surface area contributed by atoms with Gasteiger partial charge in [-0.25, -0.2) is 4.98 Å². The Balaban J connectivity index is 1.78. The normalized spacial score (nSPS) is 19.1. The van der Waals surface area contributed by atoms with Crippen LogP contribution in [0.15, 0.2) is 12.5 Å². The van der Waals surface area contributed by atoms with E-state index >= 15 is 0 Å². The smallest absolute Gasteiger partial charge is 0.0949 e. The van der Waals surface area contributed by atoms with E-state index in [1.165, 1.54) is 25.7 Å². The molecule has 0 radical (unpaired) electrons. The van der Waals surface area contributed by atoms with Crippen LogP contribution in [0.3, 0.4) is 0 Å². The third-order valence-corrected chi connectivity index (χ3v) is 3.20. The fourth-order valence-electron chi connectivity index (χ4n) is 2.27. The van der Waals surface area contributed by atoms with Crippen LogP contribution in [0.2, 0.25) is 0 Å². The van der Waals surface area contributed by atoms with Gasteiger partial charge in [-0.1, -0.05) is 12.8 Å². The molecule has 1 atom stereocenters. The highest BCUT2D eigenvalue weighted by Crippen LogP contribution is 2.20. The van der Waals surface area contributed by atoms with Crippen molar-refractivity contribution in [3.05, 3.63) is 18.2 Å². The molecule has 1 unspecified atom stereocenters. The van der Waals surface area contributed by atoms with E-state index in [-0.39, 0.29) is 6.04 Å². The number of hydrogen-bond acceptors (Lipinski definition) is 3. The van der Waals surface area contributed by atoms with Crippen molar-refractivity contribution in [1.29, 1.82) is 0 Å². The molecule has 4 heteroatoms. The molecular weight excluding hydrogens is 202 g/mol. The van der Waals surface area contributed by atoms with Crippen LogP contribution < -0.4 is 5.73 Å². The van der Waals surface area contributed by atoms with Gasteiger partial charge < -0.3 is 15.0 Å². The standard InChI is InChI=1S/C12H21N3O/c1-10(13)12-8-14-9-15(12)6-7-16-11-4-2-3-5-11/h8-11H,2-7,13H2,1H3. The van der Waals surface area contributed by atoms with Crippen LogP contribution in [-0.4, -0.2) is 22.3 Å². The molecule has 1 aliphatic carbocycles. The lowest BCUT2D eigenvalue weighted by molar-refractivity contribution is 0.0525. The predicted octanol–water partition coefficient (Wildman–Crippen LogP) is 1.86. The third-order valence-electron chi connectivity index (χ3n) is 3.20. The van der Waals surface area contributed by atoms with E-state index in [1.807, 2.05) is 19.4 Å². The van der Waals surface area contributed by atoms with Gasteiger partial charge in [0.05, 0.1) is 24.7 Å². The van der Waals surface area contributed by atoms with Crippen LogP contribution in [0.25, 0.3) is 0 Å². The van der Waals surface area contributed by atoms with Crippen LogP contribution in [0.1, 0.15) is 44.3 Å². The number of ether oxygens (including phenoxy) is 1. The van der Waals surface area contributed by atoms with E-state index in [9.17, 15) is 0 Å². The van der Waals surface area contributed by atoms with Crippen LogP contribution in [-0.2, 0) is 11.3 Å². The highest BCUT2D eigenvalue weighted by molar-refractivity contribution is 5.02. The highest BCUT2D eigenvalue weighted by Gasteiger charge is 2.15. The van der Waals surface area contributed by atoms with Gasteiger partial charge in [-0.05, 0) is 19.8 Å². The fraction of sp³-hybridized carbons (Fsp3) is 0.750. The minimum atomic E-state index is 0.0361. The molecular formula is C12H21N3O. The molecule has 0 saturated heterocycles. The lowest BCUT2D eigenvalue weighted by Gasteiger charge is -2.14. The third kappa shape index (κ3) is 2.83. The Bertz CT molecular complexity index is 316. The summed E-state index contributed by atoms with van der Waals surface area (Å²) in [6, 6.07) is 0.0361. The first-order valence-corrected chi connectivity index (χ1v) is 6.14. The second-order valence-corrected chi connectivity index (χ2v) is 4.58. The number of hydrogen-bond donors (Lipinski definition) is 1. The van der Waals surface area contributed by atoms with Gasteiger partial charge in [-0.2, -0.15) is 0 Å². The predicted molar refractivity (Wildman–Crippen MR) is 63.0 cm³/mol. The van der Waals surface area contributed by atoms with Gasteiger partial charge in [-0.3, -0.25) is 0 Å². The molecule has 0 spiro atoms. The summed E-state index contributed by atoms with van der Waals surface area (Å²) in [5.74, 6) is 0. The van der Waals surface area contributed by atoms with Crippen molar-refractivity contribution in [3.8, 4) is 0 Å². The van der Waals surface area contributed by atoms with Gasteiger partial charge in [0.2, 0.25) is 0 Å². The Morgan fingerprint density at radius 2 is 2.31 bits per heavy atom. The summed E-state index contributed by atoms with van der Waals surface area (Å²) >= 11 is 0. The number of imidazole rings is 1. The average Bonchev–Trinajstić information content (AvgIpc) is 2.87. The van der Waals surface area contributed by atoms with Crippen molar-refractivity contribution >= 4 is 0 Å². The fourth-order valence-corrected chi connectivity index (χ4v) is 2.27. The summed E-state index contributed by atoms with van der Waals surface area (Å²) in [7, 11) is 0. The van der Waals surface area contributed by atoms with Crippen molar-refractivity contribution < 1.29 is 4.74 Å². The largest absolute Gasteiger partial charge is 0.376 e. The Labute approximate surface area is 96.8 Å². The number of aromatic nitrogens is 2. The van der Waals surface area contributed by atoms with Gasteiger partial charge in [0, 0.05) is 18.8 Å². The maximum Gasteiger partial charge on any atom is 0.0949 e. The molecule has 1 aromatic heterocycles. The van der Waals surface area contributed by atoms with Gasteiger partial charge in [0.15, 0.2) is 0 Å². The highest BCUT2D eigenvalue weighted by atomic mass is 16.5. The molecule has 0 bridgehead atoms. The minimum absolute atomic E-state index is 0.0361. The van der Waals surface area contributed by atoms with Crippen LogP contribution in [0, 0.1) is 0 Å². The van der Waals surface area contributed by atoms with E-state index < -0.39 is 0 Å². The van der Waals surface area contributed by atoms with Crippen molar-refractivity contribution in [2.75, 3.05) is 6.61 Å². The maximum absolute atomic E-state index is 5.85. The van der Waals surface area contributed by atoms with Gasteiger partial charge in [-0.15, -0.1) is 0 Å². The van der Waals surface area contributed by atoms with Crippen molar-refractivity contribution in [2.24, 2.45) is 5.73 Å². The molecule has 0 amide bonds. The molecule has 1 aromatic rings. The monoisotopic (exact) mass is 223 g/mol. The molecule has 2 rings (SSSR count). The van der Waals surface area contributed by atoms with Crippen molar-refractivity contribution in [2.45, 2.75) is 51.3 Å². The Morgan fingerprint density at radius 3 is 3.00 bits per heavy atom. The summed E-state index contributed by atoms with van der Waals surface area (Å²) in [5.41, 5.74) is 6.93. The average molecular weight is 223 g/mol. The second kappa shape index (κ2) is 5.46. The first kappa shape index (κ1) is 11.6. The van der Waals surface area contributed by atoms with Gasteiger partial charge >= 0.3 is 0 Å². The lowest BCUT2D eigenvalue weighted by atomic mass is 10.3. The topological polar surface area (TPSA) is 53.1 Å². The summed E-state index contributed by atoms with van der Waals surface area (Å²) in [6.07, 6.45) is 9.24. The number of nitrogens with two attached hydrogens (primary N) is 1. The van der Waals surface area contributed by atoms with E-state index in [1.54, 1.807) is 0 Å². The van der Waals surface area contributed by atoms with Crippen LogP contribution >= 0.6 is 0 Å². The Kier molecular flexibility index (Phi) is 3.96. The minimum Gasteiger partial charge on any atom is -0.376 e. The molecule has 4 nitrogen and oxygen atoms in total. The molecule has 1 fully saturated rings. The first-order chi connectivity index (χ1) is 7.77. The lowest BCUT2D eigenvalue weighted by Crippen LogP contribution is -2.16. The zero-order chi connectivity index (χ0) is 11.4. The quantitative estimate of drug-likeness (QED) is 0.829. The molecule has 1 saturated carbocycles. The van der Waals surface area contributed by atoms with E-state index in [2.05, 4.69) is 9.55 Å². The zero-order valence-electron chi connectivity index (χ0n) is 9.93. The molecule has 0 aromatic carbocycles. The number of rotatable bonds is 5. The van der Waals surface area contributed by atoms with Gasteiger partial charge in [0.1, 0.15) is 0 Å². The molecule has 90 valence electrons. The first-order valence-electron chi connectivity index (χ1n) is 6.14. The Hall–Kier alpha value is -0.870. The van der Waals surface area contributed by atoms with E-state index in [0.29, 0.717) is 6.10 Å². The van der Waals surface area contributed by atoms with E-state index in [4.69, 9.17) is 10.5 Å².